The van der Waals surface area contributed by atoms with Gasteiger partial charge in [-0.05, 0) is 20.8 Å². The summed E-state index contributed by atoms with van der Waals surface area (Å²) in [5.41, 5.74) is 10.9. The van der Waals surface area contributed by atoms with Gasteiger partial charge in [-0.1, -0.05) is 0 Å². The van der Waals surface area contributed by atoms with Crippen LogP contribution in [-0.2, 0) is 14.3 Å². The lowest BCUT2D eigenvalue weighted by atomic mass is 9.95. The molecule has 8 nitrogen and oxygen atoms in total. The van der Waals surface area contributed by atoms with Crippen LogP contribution in [0.5, 0.6) is 0 Å². The molecule has 1 fully saturated rings. The first-order valence-corrected chi connectivity index (χ1v) is 6.60. The summed E-state index contributed by atoms with van der Waals surface area (Å²) in [7, 11) is 0. The summed E-state index contributed by atoms with van der Waals surface area (Å²) in [6.45, 7) is 4.96. The molecule has 0 aromatic rings. The van der Waals surface area contributed by atoms with Gasteiger partial charge in [-0.25, -0.2) is 4.79 Å². The molecule has 118 valence electrons. The minimum absolute atomic E-state index is 0.210. The molecule has 2 amide bonds. The van der Waals surface area contributed by atoms with Crippen LogP contribution in [0.3, 0.4) is 0 Å². The zero-order valence-corrected chi connectivity index (χ0v) is 12.4. The summed E-state index contributed by atoms with van der Waals surface area (Å²) >= 11 is 0. The Morgan fingerprint density at radius 2 is 2.05 bits per heavy atom. The Morgan fingerprint density at radius 1 is 1.43 bits per heavy atom. The van der Waals surface area contributed by atoms with E-state index in [4.69, 9.17) is 16.2 Å². The first kappa shape index (κ1) is 17.0. The summed E-state index contributed by atoms with van der Waals surface area (Å²) < 4.78 is 4.99. The van der Waals surface area contributed by atoms with Crippen LogP contribution in [0.15, 0.2) is 11.8 Å². The predicted molar refractivity (Wildman–Crippen MR) is 76.0 cm³/mol. The maximum Gasteiger partial charge on any atom is 0.408 e. The van der Waals surface area contributed by atoms with Gasteiger partial charge < -0.3 is 26.8 Å². The van der Waals surface area contributed by atoms with E-state index in [9.17, 15) is 14.4 Å². The van der Waals surface area contributed by atoms with Crippen LogP contribution in [0, 0.1) is 0 Å². The normalized spacial score (nSPS) is 22.1. The molecule has 8 heteroatoms. The van der Waals surface area contributed by atoms with E-state index in [0.29, 0.717) is 12.1 Å². The Morgan fingerprint density at radius 3 is 2.52 bits per heavy atom. The monoisotopic (exact) mass is 298 g/mol. The first-order chi connectivity index (χ1) is 9.58. The molecular weight excluding hydrogens is 276 g/mol. The van der Waals surface area contributed by atoms with E-state index in [1.54, 1.807) is 20.8 Å². The highest BCUT2D eigenvalue weighted by Crippen LogP contribution is 2.11. The van der Waals surface area contributed by atoms with Crippen LogP contribution in [-0.4, -0.2) is 42.0 Å². The zero-order chi connectivity index (χ0) is 16.2. The molecule has 6 N–H and O–H groups in total. The molecule has 1 heterocycles. The number of hydrogen-bond acceptors (Lipinski definition) is 6. The van der Waals surface area contributed by atoms with Gasteiger partial charge in [-0.2, -0.15) is 0 Å². The van der Waals surface area contributed by atoms with Crippen LogP contribution in [0.4, 0.5) is 4.79 Å². The largest absolute Gasteiger partial charge is 0.444 e. The van der Waals surface area contributed by atoms with Crippen molar-refractivity contribution in [2.45, 2.75) is 44.9 Å². The fraction of sp³-hybridized carbons (Fsp3) is 0.615. The van der Waals surface area contributed by atoms with Gasteiger partial charge in [0.15, 0.2) is 5.78 Å². The standard InChI is InChI=1S/C13H22N4O4/c1-13(2,3)21-12(20)16-6-8(18)4-7(14)5-9-10(15)11(19)17-9/h4,9-10H,5-6,14-15H2,1-3H3,(H,16,20)(H,17,19)/b7-4-/t9-,10+/m1/s1. The fourth-order valence-corrected chi connectivity index (χ4v) is 1.68. The summed E-state index contributed by atoms with van der Waals surface area (Å²) in [4.78, 5) is 33.9. The molecule has 0 aromatic heterocycles. The molecule has 0 aliphatic carbocycles. The van der Waals surface area contributed by atoms with Gasteiger partial charge >= 0.3 is 6.09 Å². The molecule has 0 saturated carbocycles. The van der Waals surface area contributed by atoms with E-state index < -0.39 is 17.7 Å². The van der Waals surface area contributed by atoms with E-state index >= 15 is 0 Å². The van der Waals surface area contributed by atoms with Gasteiger partial charge in [0.25, 0.3) is 0 Å². The minimum Gasteiger partial charge on any atom is -0.444 e. The van der Waals surface area contributed by atoms with Crippen molar-refractivity contribution < 1.29 is 19.1 Å². The average Bonchev–Trinajstić information content (AvgIpc) is 2.33. The van der Waals surface area contributed by atoms with Gasteiger partial charge in [0, 0.05) is 18.2 Å². The fourth-order valence-electron chi connectivity index (χ4n) is 1.68. The number of nitrogens with one attached hydrogen (secondary N) is 2. The van der Waals surface area contributed by atoms with Crippen LogP contribution in [0.1, 0.15) is 27.2 Å². The second kappa shape index (κ2) is 6.57. The summed E-state index contributed by atoms with van der Waals surface area (Å²) in [6.07, 6.45) is 0.843. The van der Waals surface area contributed by atoms with Crippen molar-refractivity contribution in [1.82, 2.24) is 10.6 Å². The molecule has 0 aromatic carbocycles. The van der Waals surface area contributed by atoms with Gasteiger partial charge in [0.2, 0.25) is 5.91 Å². The average molecular weight is 298 g/mol. The smallest absolute Gasteiger partial charge is 0.408 e. The van der Waals surface area contributed by atoms with Crippen LogP contribution >= 0.6 is 0 Å². The Labute approximate surface area is 123 Å². The Hall–Kier alpha value is -2.09. The third-order valence-corrected chi connectivity index (χ3v) is 2.67. The van der Waals surface area contributed by atoms with Crippen LogP contribution in [0.25, 0.3) is 0 Å². The van der Waals surface area contributed by atoms with E-state index in [1.165, 1.54) is 6.08 Å². The maximum absolute atomic E-state index is 11.6. The molecule has 0 spiro atoms. The molecule has 21 heavy (non-hydrogen) atoms. The number of amides is 2. The topological polar surface area (TPSA) is 137 Å². The molecule has 1 aliphatic rings. The molecule has 0 unspecified atom stereocenters. The highest BCUT2D eigenvalue weighted by Gasteiger charge is 2.35. The number of carbonyl (C=O) groups excluding carboxylic acids is 3. The molecule has 1 rings (SSSR count). The number of rotatable bonds is 5. The van der Waals surface area contributed by atoms with Crippen molar-refractivity contribution in [1.29, 1.82) is 0 Å². The lowest BCUT2D eigenvalue weighted by Crippen LogP contribution is -2.66. The number of ether oxygens (including phenoxy) is 1. The molecule has 1 saturated heterocycles. The predicted octanol–water partition coefficient (Wildman–Crippen LogP) is -0.861. The van der Waals surface area contributed by atoms with E-state index in [2.05, 4.69) is 10.6 Å². The number of ketones is 1. The lowest BCUT2D eigenvalue weighted by molar-refractivity contribution is -0.130. The molecule has 0 bridgehead atoms. The minimum atomic E-state index is -0.670. The summed E-state index contributed by atoms with van der Waals surface area (Å²) in [5.74, 6) is -0.594. The van der Waals surface area contributed by atoms with Crippen molar-refractivity contribution >= 4 is 17.8 Å². The van der Waals surface area contributed by atoms with E-state index in [0.717, 1.165) is 0 Å². The van der Waals surface area contributed by atoms with Gasteiger partial charge in [-0.15, -0.1) is 0 Å². The van der Waals surface area contributed by atoms with Gasteiger partial charge in [-0.3, -0.25) is 9.59 Å². The second-order valence-electron chi connectivity index (χ2n) is 5.89. The van der Waals surface area contributed by atoms with Crippen molar-refractivity contribution in [3.8, 4) is 0 Å². The maximum atomic E-state index is 11.6. The SMILES string of the molecule is CC(C)(C)OC(=O)NCC(=O)/C=C(\N)C[C@H]1NC(=O)[C@H]1N. The molecule has 0 radical (unpaired) electrons. The first-order valence-electron chi connectivity index (χ1n) is 6.60. The Bertz CT molecular complexity index is 467. The Kier molecular flexibility index (Phi) is 5.31. The van der Waals surface area contributed by atoms with E-state index in [1.807, 2.05) is 0 Å². The number of β-lactam (4-membered cyclic amide) rings is 1. The van der Waals surface area contributed by atoms with Crippen LogP contribution < -0.4 is 22.1 Å². The van der Waals surface area contributed by atoms with Crippen molar-refractivity contribution in [2.75, 3.05) is 6.54 Å². The van der Waals surface area contributed by atoms with Crippen molar-refractivity contribution in [2.24, 2.45) is 11.5 Å². The number of hydrogen-bond donors (Lipinski definition) is 4. The summed E-state index contributed by atoms with van der Waals surface area (Å²) in [5, 5.41) is 4.92. The second-order valence-corrected chi connectivity index (χ2v) is 5.89. The number of alkyl carbamates (subject to hydrolysis) is 1. The van der Waals surface area contributed by atoms with Crippen molar-refractivity contribution in [3.05, 3.63) is 11.8 Å². The highest BCUT2D eigenvalue weighted by atomic mass is 16.6. The Balaban J connectivity index is 2.33. The van der Waals surface area contributed by atoms with Crippen LogP contribution in [0.2, 0.25) is 0 Å². The quantitative estimate of drug-likeness (QED) is 0.385. The zero-order valence-electron chi connectivity index (χ0n) is 12.4. The molecular formula is C13H22N4O4. The van der Waals surface area contributed by atoms with Gasteiger partial charge in [0.1, 0.15) is 11.6 Å². The van der Waals surface area contributed by atoms with E-state index in [-0.39, 0.29) is 24.3 Å². The molecule has 1 aliphatic heterocycles. The highest BCUT2D eigenvalue weighted by molar-refractivity contribution is 5.94. The third-order valence-electron chi connectivity index (χ3n) is 2.67. The third kappa shape index (κ3) is 5.82. The number of nitrogens with two attached hydrogens (primary N) is 2. The molecule has 2 atom stereocenters. The lowest BCUT2D eigenvalue weighted by Gasteiger charge is -2.33. The number of carbonyl (C=O) groups is 3. The summed E-state index contributed by atoms with van der Waals surface area (Å²) in [6, 6.07) is -0.840. The van der Waals surface area contributed by atoms with Crippen molar-refractivity contribution in [3.63, 3.8) is 0 Å². The van der Waals surface area contributed by atoms with Gasteiger partial charge in [0.05, 0.1) is 12.6 Å².